The fourth-order valence-electron chi connectivity index (χ4n) is 3.53. The molecule has 0 bridgehead atoms. The van der Waals surface area contributed by atoms with Crippen LogP contribution in [0.3, 0.4) is 0 Å². The number of halogens is 3. The van der Waals surface area contributed by atoms with Crippen molar-refractivity contribution in [1.82, 2.24) is 19.7 Å². The van der Waals surface area contributed by atoms with E-state index < -0.39 is 18.2 Å². The second-order valence-electron chi connectivity index (χ2n) is 8.27. The molecule has 4 rings (SSSR count). The van der Waals surface area contributed by atoms with Gasteiger partial charge in [0.2, 0.25) is 0 Å². The standard InChI is InChI=1S/C21H23F3N4O/c1-14-17(12-19(2)8-9-19)27-18(26-14)13-20(29,21(22,23)24)15-4-6-16(7-5-15)28-11-3-10-25-28/h3-7,10-11,29H,8-9,12-13H2,1-2H3,(H,26,27). The molecule has 0 amide bonds. The summed E-state index contributed by atoms with van der Waals surface area (Å²) in [6, 6.07) is 7.30. The molecule has 0 radical (unpaired) electrons. The number of aromatic amines is 1. The van der Waals surface area contributed by atoms with Gasteiger partial charge in [-0.1, -0.05) is 19.1 Å². The Morgan fingerprint density at radius 2 is 1.90 bits per heavy atom. The smallest absolute Gasteiger partial charge is 0.376 e. The number of aromatic nitrogens is 4. The van der Waals surface area contributed by atoms with Gasteiger partial charge >= 0.3 is 6.18 Å². The third-order valence-electron chi connectivity index (χ3n) is 5.74. The van der Waals surface area contributed by atoms with Gasteiger partial charge in [-0.3, -0.25) is 0 Å². The van der Waals surface area contributed by atoms with E-state index in [-0.39, 0.29) is 16.8 Å². The van der Waals surface area contributed by atoms with Crippen molar-refractivity contribution in [2.24, 2.45) is 5.41 Å². The number of benzene rings is 1. The summed E-state index contributed by atoms with van der Waals surface area (Å²) in [6.07, 6.45) is 0.682. The molecule has 0 spiro atoms. The molecule has 154 valence electrons. The zero-order valence-corrected chi connectivity index (χ0v) is 16.3. The van der Waals surface area contributed by atoms with Gasteiger partial charge in [-0.15, -0.1) is 0 Å². The third kappa shape index (κ3) is 3.81. The number of hydrogen-bond donors (Lipinski definition) is 2. The third-order valence-corrected chi connectivity index (χ3v) is 5.74. The highest BCUT2D eigenvalue weighted by Gasteiger charge is 2.55. The molecule has 8 heteroatoms. The molecule has 2 N–H and O–H groups in total. The maximum atomic E-state index is 13.9. The van der Waals surface area contributed by atoms with Crippen molar-refractivity contribution < 1.29 is 18.3 Å². The lowest BCUT2D eigenvalue weighted by atomic mass is 9.89. The minimum Gasteiger partial charge on any atom is -0.376 e. The van der Waals surface area contributed by atoms with Crippen molar-refractivity contribution in [3.8, 4) is 5.69 Å². The molecule has 1 fully saturated rings. The minimum absolute atomic E-state index is 0.137. The van der Waals surface area contributed by atoms with Crippen LogP contribution in [0.4, 0.5) is 13.2 Å². The van der Waals surface area contributed by atoms with Crippen molar-refractivity contribution >= 4 is 0 Å². The molecule has 29 heavy (non-hydrogen) atoms. The Bertz CT molecular complexity index is 988. The van der Waals surface area contributed by atoms with Crippen LogP contribution in [0.5, 0.6) is 0 Å². The Balaban J connectivity index is 1.63. The van der Waals surface area contributed by atoms with E-state index in [2.05, 4.69) is 22.0 Å². The van der Waals surface area contributed by atoms with Gasteiger partial charge in [0.15, 0.2) is 5.60 Å². The van der Waals surface area contributed by atoms with E-state index in [0.717, 1.165) is 30.7 Å². The number of aliphatic hydroxyl groups is 1. The van der Waals surface area contributed by atoms with Crippen LogP contribution in [-0.4, -0.2) is 31.0 Å². The summed E-state index contributed by atoms with van der Waals surface area (Å²) in [5.41, 5.74) is -0.936. The molecular weight excluding hydrogens is 381 g/mol. The summed E-state index contributed by atoms with van der Waals surface area (Å²) in [7, 11) is 0. The van der Waals surface area contributed by atoms with E-state index in [1.165, 1.54) is 28.9 Å². The Hall–Kier alpha value is -2.61. The van der Waals surface area contributed by atoms with E-state index in [9.17, 15) is 18.3 Å². The second-order valence-corrected chi connectivity index (χ2v) is 8.27. The average Bonchev–Trinajstić information content (AvgIpc) is 3.05. The lowest BCUT2D eigenvalue weighted by molar-refractivity contribution is -0.266. The van der Waals surface area contributed by atoms with Gasteiger partial charge in [-0.25, -0.2) is 9.67 Å². The van der Waals surface area contributed by atoms with E-state index in [0.29, 0.717) is 5.69 Å². The van der Waals surface area contributed by atoms with Crippen molar-refractivity contribution in [2.45, 2.75) is 51.3 Å². The van der Waals surface area contributed by atoms with Gasteiger partial charge in [0, 0.05) is 24.5 Å². The maximum Gasteiger partial charge on any atom is 0.421 e. The number of nitrogens with one attached hydrogen (secondary N) is 1. The first-order valence-corrected chi connectivity index (χ1v) is 9.54. The predicted molar refractivity (Wildman–Crippen MR) is 102 cm³/mol. The number of aryl methyl sites for hydroxylation is 1. The first kappa shape index (κ1) is 19.7. The van der Waals surface area contributed by atoms with Crippen molar-refractivity contribution in [2.75, 3.05) is 0 Å². The molecule has 1 saturated carbocycles. The van der Waals surface area contributed by atoms with Crippen molar-refractivity contribution in [3.63, 3.8) is 0 Å². The van der Waals surface area contributed by atoms with Crippen LogP contribution < -0.4 is 0 Å². The number of imidazole rings is 1. The monoisotopic (exact) mass is 404 g/mol. The van der Waals surface area contributed by atoms with Crippen LogP contribution in [0.2, 0.25) is 0 Å². The Morgan fingerprint density at radius 3 is 2.45 bits per heavy atom. The van der Waals surface area contributed by atoms with Gasteiger partial charge in [0.25, 0.3) is 0 Å². The molecular formula is C21H23F3N4O. The summed E-state index contributed by atoms with van der Waals surface area (Å²) >= 11 is 0. The van der Waals surface area contributed by atoms with Gasteiger partial charge in [0.1, 0.15) is 5.82 Å². The zero-order chi connectivity index (χ0) is 20.9. The van der Waals surface area contributed by atoms with Gasteiger partial charge in [-0.05, 0) is 55.4 Å². The molecule has 1 aliphatic rings. The fraction of sp³-hybridized carbons (Fsp3) is 0.429. The van der Waals surface area contributed by atoms with E-state index in [1.807, 2.05) is 6.92 Å². The first-order valence-electron chi connectivity index (χ1n) is 9.54. The largest absolute Gasteiger partial charge is 0.421 e. The first-order chi connectivity index (χ1) is 13.6. The summed E-state index contributed by atoms with van der Waals surface area (Å²) in [4.78, 5) is 7.33. The van der Waals surface area contributed by atoms with Gasteiger partial charge < -0.3 is 10.1 Å². The maximum absolute atomic E-state index is 13.9. The molecule has 0 aliphatic heterocycles. The topological polar surface area (TPSA) is 66.7 Å². The quantitative estimate of drug-likeness (QED) is 0.646. The molecule has 1 atom stereocenters. The average molecular weight is 404 g/mol. The lowest BCUT2D eigenvalue weighted by Crippen LogP contribution is -2.44. The summed E-state index contributed by atoms with van der Waals surface area (Å²) < 4.78 is 43.3. The highest BCUT2D eigenvalue weighted by molar-refractivity contribution is 5.37. The van der Waals surface area contributed by atoms with Crippen LogP contribution in [0, 0.1) is 12.3 Å². The molecule has 3 aromatic rings. The second kappa shape index (κ2) is 6.73. The van der Waals surface area contributed by atoms with E-state index >= 15 is 0 Å². The van der Waals surface area contributed by atoms with Crippen LogP contribution in [-0.2, 0) is 18.4 Å². The molecule has 1 aromatic carbocycles. The van der Waals surface area contributed by atoms with Crippen molar-refractivity contribution in [1.29, 1.82) is 0 Å². The molecule has 2 aromatic heterocycles. The summed E-state index contributed by atoms with van der Waals surface area (Å²) in [6.45, 7) is 3.96. The zero-order valence-electron chi connectivity index (χ0n) is 16.3. The summed E-state index contributed by atoms with van der Waals surface area (Å²) in [5.74, 6) is 0.137. The summed E-state index contributed by atoms with van der Waals surface area (Å²) in [5, 5.41) is 14.8. The number of H-pyrrole nitrogens is 1. The van der Waals surface area contributed by atoms with Crippen LogP contribution in [0.25, 0.3) is 5.69 Å². The lowest BCUT2D eigenvalue weighted by Gasteiger charge is -2.30. The highest BCUT2D eigenvalue weighted by Crippen LogP contribution is 2.48. The van der Waals surface area contributed by atoms with Crippen molar-refractivity contribution in [3.05, 3.63) is 65.5 Å². The molecule has 0 saturated heterocycles. The van der Waals surface area contributed by atoms with E-state index in [1.54, 1.807) is 18.5 Å². The van der Waals surface area contributed by atoms with Gasteiger partial charge in [0.05, 0.1) is 11.4 Å². The number of nitrogens with zero attached hydrogens (tertiary/aromatic N) is 3. The van der Waals surface area contributed by atoms with Crippen LogP contribution in [0.1, 0.15) is 42.5 Å². The molecule has 1 unspecified atom stereocenters. The Labute approximate surface area is 166 Å². The van der Waals surface area contributed by atoms with Crippen LogP contribution in [0.15, 0.2) is 42.7 Å². The SMILES string of the molecule is Cc1[nH]c(CC(O)(c2ccc(-n3cccn3)cc2)C(F)(F)F)nc1CC1(C)CC1. The fourth-order valence-corrected chi connectivity index (χ4v) is 3.53. The van der Waals surface area contributed by atoms with Crippen LogP contribution >= 0.6 is 0 Å². The number of alkyl halides is 3. The minimum atomic E-state index is -4.86. The molecule has 1 aliphatic carbocycles. The normalized spacial score (nSPS) is 17.9. The van der Waals surface area contributed by atoms with Gasteiger partial charge in [-0.2, -0.15) is 18.3 Å². The van der Waals surface area contributed by atoms with E-state index in [4.69, 9.17) is 0 Å². The molecule has 5 nitrogen and oxygen atoms in total. The Kier molecular flexibility index (Phi) is 4.57. The molecule has 2 heterocycles. The Morgan fingerprint density at radius 1 is 1.21 bits per heavy atom. The number of hydrogen-bond acceptors (Lipinski definition) is 3. The predicted octanol–water partition coefficient (Wildman–Crippen LogP) is 4.24. The highest BCUT2D eigenvalue weighted by atomic mass is 19.4. The number of rotatable bonds is 6.